The molecular weight excluding hydrogens is 347 g/mol. The molecule has 0 radical (unpaired) electrons. The number of carbonyl (C=O) groups excluding carboxylic acids is 2. The first kappa shape index (κ1) is 18.5. The number of fused-ring (bicyclic) bond motifs is 1. The summed E-state index contributed by atoms with van der Waals surface area (Å²) >= 11 is 0. The van der Waals surface area contributed by atoms with E-state index >= 15 is 0 Å². The molecule has 0 aliphatic heterocycles. The zero-order chi connectivity index (χ0) is 19.4. The van der Waals surface area contributed by atoms with E-state index in [1.165, 1.54) is 19.2 Å². The lowest BCUT2D eigenvalue weighted by atomic mass is 10.0. The molecule has 0 saturated carbocycles. The second-order valence-electron chi connectivity index (χ2n) is 6.20. The topological polar surface area (TPSA) is 68.3 Å². The second-order valence-corrected chi connectivity index (χ2v) is 6.20. The first-order valence-electron chi connectivity index (χ1n) is 8.47. The van der Waals surface area contributed by atoms with Crippen LogP contribution in [0.4, 0.5) is 4.39 Å². The van der Waals surface area contributed by atoms with E-state index < -0.39 is 17.9 Å². The number of hydrogen-bond acceptors (Lipinski definition) is 4. The summed E-state index contributed by atoms with van der Waals surface area (Å²) in [6.07, 6.45) is 0.310. The SMILES string of the molecule is COC(=O)[C@H](Cc1ccccc1)NC(=O)c1cc2ccc(F)cc2nc1C. The maximum Gasteiger partial charge on any atom is 0.328 e. The van der Waals surface area contributed by atoms with Crippen LogP contribution in [-0.4, -0.2) is 30.0 Å². The van der Waals surface area contributed by atoms with Crippen molar-refractivity contribution >= 4 is 22.8 Å². The Kier molecular flexibility index (Phi) is 5.45. The zero-order valence-electron chi connectivity index (χ0n) is 15.0. The fraction of sp³-hybridized carbons (Fsp3) is 0.190. The number of hydrogen-bond donors (Lipinski definition) is 1. The molecule has 138 valence electrons. The lowest BCUT2D eigenvalue weighted by Crippen LogP contribution is -2.43. The van der Waals surface area contributed by atoms with Crippen LogP contribution >= 0.6 is 0 Å². The fourth-order valence-electron chi connectivity index (χ4n) is 2.89. The van der Waals surface area contributed by atoms with Gasteiger partial charge in [0, 0.05) is 17.9 Å². The first-order valence-corrected chi connectivity index (χ1v) is 8.47. The number of halogens is 1. The van der Waals surface area contributed by atoms with Crippen molar-refractivity contribution in [1.82, 2.24) is 10.3 Å². The third-order valence-corrected chi connectivity index (χ3v) is 4.29. The van der Waals surface area contributed by atoms with Crippen LogP contribution in [0.2, 0.25) is 0 Å². The van der Waals surface area contributed by atoms with Gasteiger partial charge in [-0.25, -0.2) is 9.18 Å². The number of nitrogens with zero attached hydrogens (tertiary/aromatic N) is 1. The lowest BCUT2D eigenvalue weighted by molar-refractivity contribution is -0.142. The smallest absolute Gasteiger partial charge is 0.328 e. The van der Waals surface area contributed by atoms with Crippen LogP contribution in [0.15, 0.2) is 54.6 Å². The first-order chi connectivity index (χ1) is 13.0. The fourth-order valence-corrected chi connectivity index (χ4v) is 2.89. The molecule has 0 saturated heterocycles. The van der Waals surface area contributed by atoms with Gasteiger partial charge in [0.15, 0.2) is 0 Å². The number of esters is 1. The van der Waals surface area contributed by atoms with Crippen LogP contribution in [0, 0.1) is 12.7 Å². The number of aryl methyl sites for hydroxylation is 1. The van der Waals surface area contributed by atoms with Gasteiger partial charge in [-0.1, -0.05) is 30.3 Å². The third-order valence-electron chi connectivity index (χ3n) is 4.29. The molecule has 1 aromatic heterocycles. The zero-order valence-corrected chi connectivity index (χ0v) is 15.0. The number of ether oxygens (including phenoxy) is 1. The molecule has 3 rings (SSSR count). The van der Waals surface area contributed by atoms with Crippen molar-refractivity contribution in [3.05, 3.63) is 77.2 Å². The van der Waals surface area contributed by atoms with Crippen molar-refractivity contribution in [1.29, 1.82) is 0 Å². The molecule has 0 unspecified atom stereocenters. The van der Waals surface area contributed by atoms with Crippen molar-refractivity contribution in [2.24, 2.45) is 0 Å². The minimum atomic E-state index is -0.826. The Labute approximate surface area is 156 Å². The Morgan fingerprint density at radius 3 is 2.59 bits per heavy atom. The number of rotatable bonds is 5. The molecule has 0 fully saturated rings. The van der Waals surface area contributed by atoms with Gasteiger partial charge < -0.3 is 10.1 Å². The number of pyridine rings is 1. The van der Waals surface area contributed by atoms with Gasteiger partial charge in [-0.05, 0) is 30.7 Å². The molecule has 1 heterocycles. The monoisotopic (exact) mass is 366 g/mol. The Bertz CT molecular complexity index is 989. The number of benzene rings is 2. The molecule has 0 aliphatic rings. The summed E-state index contributed by atoms with van der Waals surface area (Å²) in [5.74, 6) is -1.35. The maximum absolute atomic E-state index is 13.4. The normalized spacial score (nSPS) is 11.8. The molecule has 0 aliphatic carbocycles. The summed E-state index contributed by atoms with van der Waals surface area (Å²) in [7, 11) is 1.28. The molecule has 27 heavy (non-hydrogen) atoms. The number of nitrogens with one attached hydrogen (secondary N) is 1. The second kappa shape index (κ2) is 7.95. The average molecular weight is 366 g/mol. The quantitative estimate of drug-likeness (QED) is 0.704. The van der Waals surface area contributed by atoms with Crippen LogP contribution in [0.1, 0.15) is 21.6 Å². The van der Waals surface area contributed by atoms with Gasteiger partial charge in [-0.15, -0.1) is 0 Å². The van der Waals surface area contributed by atoms with Crippen molar-refractivity contribution in [2.75, 3.05) is 7.11 Å². The standard InChI is InChI=1S/C21H19FN2O3/c1-13-17(11-15-8-9-16(22)12-18(15)23-13)20(25)24-19(21(26)27-2)10-14-6-4-3-5-7-14/h3-9,11-12,19H,10H2,1-2H3,(H,24,25)/t19-/m0/s1. The highest BCUT2D eigenvalue weighted by atomic mass is 19.1. The van der Waals surface area contributed by atoms with Crippen molar-refractivity contribution in [3.63, 3.8) is 0 Å². The molecule has 5 nitrogen and oxygen atoms in total. The van der Waals surface area contributed by atoms with E-state index in [4.69, 9.17) is 4.74 Å². The molecule has 1 amide bonds. The largest absolute Gasteiger partial charge is 0.467 e. The van der Waals surface area contributed by atoms with Gasteiger partial charge in [0.25, 0.3) is 5.91 Å². The lowest BCUT2D eigenvalue weighted by Gasteiger charge is -2.17. The summed E-state index contributed by atoms with van der Waals surface area (Å²) in [6, 6.07) is 14.4. The minimum Gasteiger partial charge on any atom is -0.467 e. The number of carbonyl (C=O) groups is 2. The Morgan fingerprint density at radius 2 is 1.89 bits per heavy atom. The molecule has 0 spiro atoms. The maximum atomic E-state index is 13.4. The number of aromatic nitrogens is 1. The van der Waals surface area contributed by atoms with Crippen LogP contribution in [0.25, 0.3) is 10.9 Å². The van der Waals surface area contributed by atoms with Crippen LogP contribution in [-0.2, 0) is 16.0 Å². The van der Waals surface area contributed by atoms with Gasteiger partial charge in [0.05, 0.1) is 23.9 Å². The van der Waals surface area contributed by atoms with E-state index in [0.29, 0.717) is 28.6 Å². The summed E-state index contributed by atoms with van der Waals surface area (Å²) in [5, 5.41) is 3.37. The van der Waals surface area contributed by atoms with E-state index in [-0.39, 0.29) is 5.82 Å². The van der Waals surface area contributed by atoms with Crippen LogP contribution in [0.5, 0.6) is 0 Å². The third kappa shape index (κ3) is 4.28. The average Bonchev–Trinajstić information content (AvgIpc) is 2.66. The Morgan fingerprint density at radius 1 is 1.15 bits per heavy atom. The predicted molar refractivity (Wildman–Crippen MR) is 99.9 cm³/mol. The molecule has 2 aromatic carbocycles. The molecule has 3 aromatic rings. The highest BCUT2D eigenvalue weighted by Crippen LogP contribution is 2.18. The molecular formula is C21H19FN2O3. The minimum absolute atomic E-state index is 0.310. The highest BCUT2D eigenvalue weighted by Gasteiger charge is 2.23. The molecule has 1 atom stereocenters. The summed E-state index contributed by atoms with van der Waals surface area (Å²) in [6.45, 7) is 1.67. The Hall–Kier alpha value is -3.28. The van der Waals surface area contributed by atoms with Gasteiger partial charge in [0.2, 0.25) is 0 Å². The van der Waals surface area contributed by atoms with Crippen LogP contribution < -0.4 is 5.32 Å². The van der Waals surface area contributed by atoms with Gasteiger partial charge >= 0.3 is 5.97 Å². The number of methoxy groups -OCH3 is 1. The highest BCUT2D eigenvalue weighted by molar-refractivity contribution is 6.00. The van der Waals surface area contributed by atoms with Gasteiger partial charge in [-0.2, -0.15) is 0 Å². The van der Waals surface area contributed by atoms with Crippen molar-refractivity contribution in [2.45, 2.75) is 19.4 Å². The molecule has 1 N–H and O–H groups in total. The van der Waals surface area contributed by atoms with Crippen LogP contribution in [0.3, 0.4) is 0 Å². The molecule has 0 bridgehead atoms. The van der Waals surface area contributed by atoms with Crippen molar-refractivity contribution in [3.8, 4) is 0 Å². The summed E-state index contributed by atoms with van der Waals surface area (Å²) < 4.78 is 18.2. The van der Waals surface area contributed by atoms with E-state index in [0.717, 1.165) is 5.56 Å². The molecule has 6 heteroatoms. The van der Waals surface area contributed by atoms with Crippen molar-refractivity contribution < 1.29 is 18.7 Å². The van der Waals surface area contributed by atoms with E-state index in [1.54, 1.807) is 19.1 Å². The predicted octanol–water partition coefficient (Wildman–Crippen LogP) is 3.20. The van der Waals surface area contributed by atoms with Gasteiger partial charge in [-0.3, -0.25) is 9.78 Å². The summed E-state index contributed by atoms with van der Waals surface area (Å²) in [4.78, 5) is 29.2. The van der Waals surface area contributed by atoms with Gasteiger partial charge in [0.1, 0.15) is 11.9 Å². The van der Waals surface area contributed by atoms with E-state index in [1.807, 2.05) is 30.3 Å². The summed E-state index contributed by atoms with van der Waals surface area (Å²) in [5.41, 5.74) is 2.15. The van der Waals surface area contributed by atoms with E-state index in [9.17, 15) is 14.0 Å². The van der Waals surface area contributed by atoms with E-state index in [2.05, 4.69) is 10.3 Å². The number of amides is 1. The Balaban J connectivity index is 1.86.